The van der Waals surface area contributed by atoms with Gasteiger partial charge in [-0.25, -0.2) is 10.8 Å². The lowest BCUT2D eigenvalue weighted by atomic mass is 10.0. The number of hydrogen-bond donors (Lipinski definition) is 3. The van der Waals surface area contributed by atoms with Crippen molar-refractivity contribution in [1.82, 2.24) is 10.3 Å². The predicted octanol–water partition coefficient (Wildman–Crippen LogP) is 1.72. The molecule has 1 atom stereocenters. The van der Waals surface area contributed by atoms with Crippen LogP contribution >= 0.6 is 0 Å². The van der Waals surface area contributed by atoms with E-state index in [1.54, 1.807) is 12.1 Å². The summed E-state index contributed by atoms with van der Waals surface area (Å²) >= 11 is 0. The molecule has 0 aliphatic carbocycles. The smallest absolute Gasteiger partial charge is 0.251 e. The van der Waals surface area contributed by atoms with Gasteiger partial charge in [0.25, 0.3) is 5.91 Å². The lowest BCUT2D eigenvalue weighted by molar-refractivity contribution is 0.0806. The van der Waals surface area contributed by atoms with Crippen molar-refractivity contribution in [3.63, 3.8) is 0 Å². The summed E-state index contributed by atoms with van der Waals surface area (Å²) in [5, 5.41) is 3.01. The highest BCUT2D eigenvalue weighted by molar-refractivity contribution is 5.95. The number of rotatable bonds is 8. The normalized spacial score (nSPS) is 12.3. The molecule has 6 nitrogen and oxygen atoms in total. The predicted molar refractivity (Wildman–Crippen MR) is 84.0 cm³/mol. The van der Waals surface area contributed by atoms with Gasteiger partial charge in [-0.3, -0.25) is 4.79 Å². The Kier molecular flexibility index (Phi) is 7.11. The number of nitrogens with zero attached hydrogens (tertiary/aromatic N) is 1. The van der Waals surface area contributed by atoms with Gasteiger partial charge in [0.15, 0.2) is 0 Å². The summed E-state index contributed by atoms with van der Waals surface area (Å²) in [5.41, 5.74) is 3.87. The minimum absolute atomic E-state index is 0.0232. The third kappa shape index (κ3) is 5.32. The largest absolute Gasteiger partial charge is 0.380 e. The highest BCUT2D eigenvalue weighted by Gasteiger charge is 2.18. The molecule has 4 N–H and O–H groups in total. The molecule has 1 rings (SSSR count). The van der Waals surface area contributed by atoms with Gasteiger partial charge in [-0.15, -0.1) is 0 Å². The molecule has 1 amide bonds. The maximum atomic E-state index is 12.4. The molecule has 0 aliphatic heterocycles. The number of carbonyl (C=O) groups excluding carboxylic acids is 1. The zero-order valence-corrected chi connectivity index (χ0v) is 13.3. The van der Waals surface area contributed by atoms with E-state index in [1.165, 1.54) is 0 Å². The van der Waals surface area contributed by atoms with Crippen LogP contribution in [0.4, 0.5) is 5.82 Å². The maximum absolute atomic E-state index is 12.4. The number of hydrogen-bond acceptors (Lipinski definition) is 5. The summed E-state index contributed by atoms with van der Waals surface area (Å²) in [7, 11) is 0. The first-order valence-electron chi connectivity index (χ1n) is 7.37. The van der Waals surface area contributed by atoms with Crippen molar-refractivity contribution in [3.05, 3.63) is 23.4 Å². The molecule has 0 saturated carbocycles. The number of pyridine rings is 1. The molecule has 0 aliphatic rings. The van der Waals surface area contributed by atoms with Crippen molar-refractivity contribution in [3.8, 4) is 0 Å². The SMILES string of the molecule is CCOCC(NC(=O)c1cc(CC)nc(NN)c1)C(C)C. The van der Waals surface area contributed by atoms with Crippen molar-refractivity contribution >= 4 is 11.7 Å². The van der Waals surface area contributed by atoms with E-state index in [9.17, 15) is 4.79 Å². The van der Waals surface area contributed by atoms with Crippen molar-refractivity contribution in [1.29, 1.82) is 0 Å². The number of amides is 1. The number of nitrogens with one attached hydrogen (secondary N) is 2. The molecule has 0 spiro atoms. The summed E-state index contributed by atoms with van der Waals surface area (Å²) in [6.45, 7) is 9.18. The Morgan fingerprint density at radius 3 is 2.62 bits per heavy atom. The third-order valence-corrected chi connectivity index (χ3v) is 3.27. The van der Waals surface area contributed by atoms with Crippen LogP contribution in [0.1, 0.15) is 43.7 Å². The molecule has 0 aromatic carbocycles. The van der Waals surface area contributed by atoms with Crippen LogP contribution in [0.3, 0.4) is 0 Å². The Bertz CT molecular complexity index is 441. The van der Waals surface area contributed by atoms with Gasteiger partial charge < -0.3 is 15.5 Å². The fraction of sp³-hybridized carbons (Fsp3) is 0.600. The molecular formula is C15H26N4O2. The maximum Gasteiger partial charge on any atom is 0.251 e. The summed E-state index contributed by atoms with van der Waals surface area (Å²) < 4.78 is 5.42. The fourth-order valence-electron chi connectivity index (χ4n) is 1.87. The second-order valence-electron chi connectivity index (χ2n) is 5.21. The van der Waals surface area contributed by atoms with Gasteiger partial charge in [-0.05, 0) is 31.4 Å². The first-order chi connectivity index (χ1) is 10.0. The zero-order chi connectivity index (χ0) is 15.8. The van der Waals surface area contributed by atoms with Crippen molar-refractivity contribution in [2.24, 2.45) is 11.8 Å². The highest BCUT2D eigenvalue weighted by Crippen LogP contribution is 2.12. The van der Waals surface area contributed by atoms with Crippen LogP contribution in [0, 0.1) is 5.92 Å². The average molecular weight is 294 g/mol. The molecule has 0 bridgehead atoms. The molecule has 1 unspecified atom stereocenters. The number of hydrazine groups is 1. The lowest BCUT2D eigenvalue weighted by Gasteiger charge is -2.22. The second-order valence-corrected chi connectivity index (χ2v) is 5.21. The molecule has 1 aromatic heterocycles. The second kappa shape index (κ2) is 8.59. The fourth-order valence-corrected chi connectivity index (χ4v) is 1.87. The summed E-state index contributed by atoms with van der Waals surface area (Å²) in [5.74, 6) is 6.04. The van der Waals surface area contributed by atoms with Gasteiger partial charge in [0.1, 0.15) is 5.82 Å². The zero-order valence-electron chi connectivity index (χ0n) is 13.3. The van der Waals surface area contributed by atoms with E-state index >= 15 is 0 Å². The van der Waals surface area contributed by atoms with Crippen molar-refractivity contribution in [2.75, 3.05) is 18.6 Å². The first kappa shape index (κ1) is 17.4. The van der Waals surface area contributed by atoms with Crippen LogP contribution in [-0.2, 0) is 11.2 Å². The van der Waals surface area contributed by atoms with Crippen LogP contribution in [0.5, 0.6) is 0 Å². The van der Waals surface area contributed by atoms with E-state index in [1.807, 2.05) is 13.8 Å². The van der Waals surface area contributed by atoms with E-state index < -0.39 is 0 Å². The van der Waals surface area contributed by atoms with Gasteiger partial charge in [0, 0.05) is 17.9 Å². The van der Waals surface area contributed by atoms with Crippen LogP contribution in [0.25, 0.3) is 0 Å². The van der Waals surface area contributed by atoms with E-state index in [2.05, 4.69) is 29.6 Å². The molecule has 0 saturated heterocycles. The number of ether oxygens (including phenoxy) is 1. The minimum atomic E-state index is -0.137. The standard InChI is InChI=1S/C15H26N4O2/c1-5-12-7-11(8-14(17-12)19-16)15(20)18-13(10(3)4)9-21-6-2/h7-8,10,13H,5-6,9,16H2,1-4H3,(H,17,19)(H,18,20). The molecule has 0 fully saturated rings. The highest BCUT2D eigenvalue weighted by atomic mass is 16.5. The molecule has 1 aromatic rings. The summed E-state index contributed by atoms with van der Waals surface area (Å²) in [6, 6.07) is 3.41. The van der Waals surface area contributed by atoms with Gasteiger partial charge in [0.2, 0.25) is 0 Å². The average Bonchev–Trinajstić information content (AvgIpc) is 2.50. The van der Waals surface area contributed by atoms with Crippen LogP contribution in [0.2, 0.25) is 0 Å². The Labute approximate surface area is 126 Å². The number of anilines is 1. The number of nitrogen functional groups attached to an aromatic ring is 1. The van der Waals surface area contributed by atoms with Crippen molar-refractivity contribution < 1.29 is 9.53 Å². The quantitative estimate of drug-likeness (QED) is 0.502. The molecule has 21 heavy (non-hydrogen) atoms. The van der Waals surface area contributed by atoms with Crippen LogP contribution in [0.15, 0.2) is 12.1 Å². The monoisotopic (exact) mass is 294 g/mol. The van der Waals surface area contributed by atoms with E-state index in [-0.39, 0.29) is 11.9 Å². The van der Waals surface area contributed by atoms with E-state index in [0.29, 0.717) is 30.5 Å². The van der Waals surface area contributed by atoms with E-state index in [4.69, 9.17) is 10.6 Å². The molecule has 118 valence electrons. The topological polar surface area (TPSA) is 89.3 Å². The van der Waals surface area contributed by atoms with Crippen LogP contribution < -0.4 is 16.6 Å². The molecule has 0 radical (unpaired) electrons. The number of aryl methyl sites for hydroxylation is 1. The third-order valence-electron chi connectivity index (χ3n) is 3.27. The summed E-state index contributed by atoms with van der Waals surface area (Å²) in [4.78, 5) is 16.7. The Morgan fingerprint density at radius 1 is 1.38 bits per heavy atom. The number of carbonyl (C=O) groups is 1. The number of nitrogens with two attached hydrogens (primary N) is 1. The molecule has 1 heterocycles. The summed E-state index contributed by atoms with van der Waals surface area (Å²) in [6.07, 6.45) is 0.738. The Hall–Kier alpha value is -1.66. The minimum Gasteiger partial charge on any atom is -0.380 e. The van der Waals surface area contributed by atoms with E-state index in [0.717, 1.165) is 12.1 Å². The Balaban J connectivity index is 2.86. The Morgan fingerprint density at radius 2 is 2.10 bits per heavy atom. The van der Waals surface area contributed by atoms with Gasteiger partial charge in [-0.1, -0.05) is 20.8 Å². The van der Waals surface area contributed by atoms with Crippen molar-refractivity contribution in [2.45, 2.75) is 40.2 Å². The van der Waals surface area contributed by atoms with Crippen LogP contribution in [-0.4, -0.2) is 30.1 Å². The first-order valence-corrected chi connectivity index (χ1v) is 7.37. The molecule has 6 heteroatoms. The number of aromatic nitrogens is 1. The molecular weight excluding hydrogens is 268 g/mol. The van der Waals surface area contributed by atoms with Gasteiger partial charge in [0.05, 0.1) is 12.6 Å². The van der Waals surface area contributed by atoms with Gasteiger partial charge >= 0.3 is 0 Å². The van der Waals surface area contributed by atoms with Gasteiger partial charge in [-0.2, -0.15) is 0 Å². The lowest BCUT2D eigenvalue weighted by Crippen LogP contribution is -2.42.